The molecule has 1 aliphatic rings. The van der Waals surface area contributed by atoms with Gasteiger partial charge in [0.05, 0.1) is 11.4 Å². The van der Waals surface area contributed by atoms with Gasteiger partial charge in [0.2, 0.25) is 5.91 Å². The largest absolute Gasteiger partial charge is 0.507 e. The van der Waals surface area contributed by atoms with E-state index in [-0.39, 0.29) is 23.6 Å². The number of carbonyl (C=O) groups excluding carboxylic acids is 2. The smallest absolute Gasteiger partial charge is 0.342 e. The fraction of sp³-hybridized carbons (Fsp3) is 0.500. The van der Waals surface area contributed by atoms with Gasteiger partial charge in [-0.3, -0.25) is 4.79 Å². The van der Waals surface area contributed by atoms with Crippen LogP contribution >= 0.6 is 0 Å². The molecule has 7 nitrogen and oxygen atoms in total. The number of amides is 2. The molecular formula is C22H30N4O3. The molecule has 1 aromatic carbocycles. The van der Waals surface area contributed by atoms with Crippen molar-refractivity contribution in [1.82, 2.24) is 15.1 Å². The Balaban J connectivity index is 1.90. The fourth-order valence-electron chi connectivity index (χ4n) is 3.39. The zero-order chi connectivity index (χ0) is 21.0. The fourth-order valence-corrected chi connectivity index (χ4v) is 3.39. The first-order valence-corrected chi connectivity index (χ1v) is 10.5. The van der Waals surface area contributed by atoms with Crippen molar-refractivity contribution in [1.29, 1.82) is 0 Å². The molecule has 7 heteroatoms. The number of anilines is 1. The molecule has 0 radical (unpaired) electrons. The van der Waals surface area contributed by atoms with Gasteiger partial charge in [0.1, 0.15) is 5.75 Å². The van der Waals surface area contributed by atoms with Crippen molar-refractivity contribution in [3.05, 3.63) is 30.0 Å². The van der Waals surface area contributed by atoms with E-state index >= 15 is 0 Å². The highest BCUT2D eigenvalue weighted by Crippen LogP contribution is 2.42. The molecule has 3 N–H and O–H groups in total. The minimum absolute atomic E-state index is 0.0326. The van der Waals surface area contributed by atoms with Crippen LogP contribution in [-0.2, 0) is 4.79 Å². The molecule has 0 unspecified atom stereocenters. The summed E-state index contributed by atoms with van der Waals surface area (Å²) in [5.41, 5.74) is 2.48. The second-order valence-corrected chi connectivity index (χ2v) is 7.61. The Morgan fingerprint density at radius 3 is 2.55 bits per heavy atom. The summed E-state index contributed by atoms with van der Waals surface area (Å²) < 4.78 is 1.41. The van der Waals surface area contributed by atoms with E-state index in [1.54, 1.807) is 18.2 Å². The number of nitrogens with one attached hydrogen (secondary N) is 2. The average Bonchev–Trinajstić information content (AvgIpc) is 3.47. The quantitative estimate of drug-likeness (QED) is 0.571. The molecule has 1 fully saturated rings. The summed E-state index contributed by atoms with van der Waals surface area (Å²) in [6, 6.07) is 6.54. The van der Waals surface area contributed by atoms with E-state index in [4.69, 9.17) is 0 Å². The monoisotopic (exact) mass is 398 g/mol. The number of aromatic nitrogens is 2. The van der Waals surface area contributed by atoms with E-state index in [9.17, 15) is 14.7 Å². The lowest BCUT2D eigenvalue weighted by atomic mass is 10.0. The van der Waals surface area contributed by atoms with Crippen LogP contribution in [-0.4, -0.2) is 33.4 Å². The highest BCUT2D eigenvalue weighted by molar-refractivity contribution is 5.93. The second-order valence-electron chi connectivity index (χ2n) is 7.61. The van der Waals surface area contributed by atoms with Gasteiger partial charge < -0.3 is 15.7 Å². The van der Waals surface area contributed by atoms with Gasteiger partial charge in [0.25, 0.3) is 0 Å². The Hall–Kier alpha value is -2.83. The Morgan fingerprint density at radius 2 is 1.93 bits per heavy atom. The number of hydrogen-bond acceptors (Lipinski definition) is 4. The predicted molar refractivity (Wildman–Crippen MR) is 113 cm³/mol. The van der Waals surface area contributed by atoms with Gasteiger partial charge in [-0.05, 0) is 56.4 Å². The van der Waals surface area contributed by atoms with E-state index in [0.717, 1.165) is 37.8 Å². The molecule has 0 bridgehead atoms. The van der Waals surface area contributed by atoms with Crippen LogP contribution in [0.4, 0.5) is 10.5 Å². The van der Waals surface area contributed by atoms with E-state index in [1.807, 2.05) is 26.8 Å². The van der Waals surface area contributed by atoms with Crippen LogP contribution < -0.4 is 10.6 Å². The first-order chi connectivity index (χ1) is 14.0. The molecule has 0 saturated heterocycles. The van der Waals surface area contributed by atoms with Crippen LogP contribution in [0.2, 0.25) is 0 Å². The maximum absolute atomic E-state index is 12.5. The van der Waals surface area contributed by atoms with E-state index in [1.165, 1.54) is 4.68 Å². The van der Waals surface area contributed by atoms with Crippen molar-refractivity contribution >= 4 is 17.6 Å². The van der Waals surface area contributed by atoms with Gasteiger partial charge in [-0.15, -0.1) is 0 Å². The standard InChI is InChI=1S/C22H30N4O3/c1-4-11-23-22(29)26-19(15-7-8-15)13-18(25-26)17-12-16(9-10-20(17)27)24-21(28)14(5-2)6-3/h9-10,12-15,27H,4-8,11H2,1-3H3,(H,23,29)(H,24,28). The Morgan fingerprint density at radius 1 is 1.21 bits per heavy atom. The molecule has 0 spiro atoms. The van der Waals surface area contributed by atoms with Crippen molar-refractivity contribution in [3.63, 3.8) is 0 Å². The Labute approximate surface area is 171 Å². The summed E-state index contributed by atoms with van der Waals surface area (Å²) in [5.74, 6) is 0.306. The minimum Gasteiger partial charge on any atom is -0.507 e. The lowest BCUT2D eigenvalue weighted by Crippen LogP contribution is -2.31. The van der Waals surface area contributed by atoms with E-state index < -0.39 is 0 Å². The molecule has 0 atom stereocenters. The van der Waals surface area contributed by atoms with Crippen LogP contribution in [0.25, 0.3) is 11.3 Å². The van der Waals surface area contributed by atoms with Crippen molar-refractivity contribution in [2.24, 2.45) is 5.92 Å². The van der Waals surface area contributed by atoms with Gasteiger partial charge in [-0.1, -0.05) is 20.8 Å². The number of rotatable bonds is 8. The summed E-state index contributed by atoms with van der Waals surface area (Å²) >= 11 is 0. The summed E-state index contributed by atoms with van der Waals surface area (Å²) in [4.78, 5) is 24.9. The molecule has 3 rings (SSSR count). The number of nitrogens with zero attached hydrogens (tertiary/aromatic N) is 2. The zero-order valence-electron chi connectivity index (χ0n) is 17.4. The van der Waals surface area contributed by atoms with Crippen LogP contribution in [0.15, 0.2) is 24.3 Å². The highest BCUT2D eigenvalue weighted by Gasteiger charge is 2.30. The van der Waals surface area contributed by atoms with Gasteiger partial charge in [-0.2, -0.15) is 9.78 Å². The molecule has 2 aromatic rings. The number of phenols is 1. The third-order valence-corrected chi connectivity index (χ3v) is 5.35. The number of carbonyl (C=O) groups is 2. The predicted octanol–water partition coefficient (Wildman–Crippen LogP) is 4.48. The van der Waals surface area contributed by atoms with Gasteiger partial charge >= 0.3 is 6.03 Å². The molecule has 29 heavy (non-hydrogen) atoms. The lowest BCUT2D eigenvalue weighted by Gasteiger charge is -2.13. The first-order valence-electron chi connectivity index (χ1n) is 10.5. The van der Waals surface area contributed by atoms with Gasteiger partial charge in [0.15, 0.2) is 0 Å². The van der Waals surface area contributed by atoms with Crippen molar-refractivity contribution in [2.75, 3.05) is 11.9 Å². The summed E-state index contributed by atoms with van der Waals surface area (Å²) in [5, 5.41) is 20.7. The first kappa shape index (κ1) is 20.9. The second kappa shape index (κ2) is 9.11. The molecule has 1 aromatic heterocycles. The van der Waals surface area contributed by atoms with E-state index in [0.29, 0.717) is 29.4 Å². The maximum Gasteiger partial charge on any atom is 0.342 e. The zero-order valence-corrected chi connectivity index (χ0v) is 17.4. The Kier molecular flexibility index (Phi) is 6.56. The summed E-state index contributed by atoms with van der Waals surface area (Å²) in [6.07, 6.45) is 4.45. The minimum atomic E-state index is -0.252. The average molecular weight is 399 g/mol. The highest BCUT2D eigenvalue weighted by atomic mass is 16.3. The normalized spacial score (nSPS) is 13.5. The number of aromatic hydroxyl groups is 1. The van der Waals surface area contributed by atoms with Crippen molar-refractivity contribution in [3.8, 4) is 17.0 Å². The molecule has 2 amide bonds. The molecule has 1 heterocycles. The lowest BCUT2D eigenvalue weighted by molar-refractivity contribution is -0.120. The molecule has 156 valence electrons. The van der Waals surface area contributed by atoms with Crippen molar-refractivity contribution < 1.29 is 14.7 Å². The van der Waals surface area contributed by atoms with Crippen molar-refractivity contribution in [2.45, 2.75) is 58.8 Å². The topological polar surface area (TPSA) is 96.3 Å². The molecular weight excluding hydrogens is 368 g/mol. The van der Waals surface area contributed by atoms with Crippen LogP contribution in [0.3, 0.4) is 0 Å². The summed E-state index contributed by atoms with van der Waals surface area (Å²) in [6.45, 7) is 6.56. The molecule has 1 aliphatic carbocycles. The van der Waals surface area contributed by atoms with E-state index in [2.05, 4.69) is 15.7 Å². The third kappa shape index (κ3) is 4.78. The Bertz CT molecular complexity index is 882. The third-order valence-electron chi connectivity index (χ3n) is 5.35. The summed E-state index contributed by atoms with van der Waals surface area (Å²) in [7, 11) is 0. The van der Waals surface area contributed by atoms with Crippen LogP contribution in [0, 0.1) is 5.92 Å². The number of benzene rings is 1. The molecule has 1 saturated carbocycles. The number of phenolic OH excluding ortho intramolecular Hbond substituents is 1. The van der Waals surface area contributed by atoms with Gasteiger partial charge in [0, 0.05) is 29.6 Å². The SMILES string of the molecule is CCCNC(=O)n1nc(-c2cc(NC(=O)C(CC)CC)ccc2O)cc1C1CC1. The number of hydrogen-bond donors (Lipinski definition) is 3. The molecule has 0 aliphatic heterocycles. The van der Waals surface area contributed by atoms with Gasteiger partial charge in [-0.25, -0.2) is 4.79 Å². The maximum atomic E-state index is 12.5. The van der Waals surface area contributed by atoms with Crippen LogP contribution in [0.1, 0.15) is 64.5 Å². The van der Waals surface area contributed by atoms with Crippen LogP contribution in [0.5, 0.6) is 5.75 Å².